The number of ether oxygens (including phenoxy) is 2. The summed E-state index contributed by atoms with van der Waals surface area (Å²) in [5.74, 6) is 0.675. The van der Waals surface area contributed by atoms with E-state index in [-0.39, 0.29) is 21.5 Å². The minimum Gasteiger partial charge on any atom is -0.493 e. The highest BCUT2D eigenvalue weighted by atomic mass is 35.5. The van der Waals surface area contributed by atoms with Crippen molar-refractivity contribution < 1.29 is 22.7 Å². The lowest BCUT2D eigenvalue weighted by atomic mass is 10.1. The molecule has 3 aromatic carbocycles. The molecule has 34 heavy (non-hydrogen) atoms. The van der Waals surface area contributed by atoms with Crippen LogP contribution in [0.1, 0.15) is 40.0 Å². The van der Waals surface area contributed by atoms with Gasteiger partial charge in [-0.05, 0) is 79.9 Å². The highest BCUT2D eigenvalue weighted by Gasteiger charge is 2.22. The van der Waals surface area contributed by atoms with Crippen LogP contribution in [0.5, 0.6) is 11.5 Å². The fraction of sp³-hybridized carbons (Fsp3) is 0.240. The van der Waals surface area contributed by atoms with Crippen LogP contribution in [-0.4, -0.2) is 28.5 Å². The van der Waals surface area contributed by atoms with Gasteiger partial charge in [-0.25, -0.2) is 8.42 Å². The molecular weight excluding hydrogens is 476 g/mol. The number of anilines is 1. The van der Waals surface area contributed by atoms with Gasteiger partial charge in [0.1, 0.15) is 4.90 Å². The zero-order valence-electron chi connectivity index (χ0n) is 19.6. The summed E-state index contributed by atoms with van der Waals surface area (Å²) in [6, 6.07) is 14.3. The molecule has 0 aliphatic rings. The molecule has 7 nitrogen and oxygen atoms in total. The molecular formula is C25H27ClN2O5S. The predicted molar refractivity (Wildman–Crippen MR) is 134 cm³/mol. The Hall–Kier alpha value is -3.23. The lowest BCUT2D eigenvalue weighted by molar-refractivity contribution is 0.0939. The van der Waals surface area contributed by atoms with Crippen molar-refractivity contribution in [3.8, 4) is 11.5 Å². The lowest BCUT2D eigenvalue weighted by Gasteiger charge is -2.17. The minimum absolute atomic E-state index is 0.0147. The third kappa shape index (κ3) is 5.63. The standard InChI is InChI=1S/C25H27ClN2O5S/c1-15-6-9-20(12-16(15)2)28-34(30,31)24-14-19(7-10-21(24)26)25(29)27-17(3)18-8-11-22(32-4)23(13-18)33-5/h6-14,17,28H,1-5H3,(H,27,29). The summed E-state index contributed by atoms with van der Waals surface area (Å²) in [6.45, 7) is 5.65. The summed E-state index contributed by atoms with van der Waals surface area (Å²) in [5.41, 5.74) is 3.37. The van der Waals surface area contributed by atoms with Crippen LogP contribution >= 0.6 is 11.6 Å². The summed E-state index contributed by atoms with van der Waals surface area (Å²) in [4.78, 5) is 12.7. The maximum Gasteiger partial charge on any atom is 0.263 e. The number of halogens is 1. The number of carbonyl (C=O) groups is 1. The second-order valence-corrected chi connectivity index (χ2v) is 9.92. The zero-order valence-corrected chi connectivity index (χ0v) is 21.2. The van der Waals surface area contributed by atoms with Crippen LogP contribution in [0.2, 0.25) is 5.02 Å². The van der Waals surface area contributed by atoms with Gasteiger partial charge in [0.15, 0.2) is 11.5 Å². The van der Waals surface area contributed by atoms with Crippen molar-refractivity contribution >= 4 is 33.2 Å². The SMILES string of the molecule is COc1ccc(C(C)NC(=O)c2ccc(Cl)c(S(=O)(=O)Nc3ccc(C)c(C)c3)c2)cc1OC. The van der Waals surface area contributed by atoms with Crippen molar-refractivity contribution in [3.63, 3.8) is 0 Å². The largest absolute Gasteiger partial charge is 0.493 e. The van der Waals surface area contributed by atoms with Crippen molar-refractivity contribution in [1.82, 2.24) is 5.32 Å². The van der Waals surface area contributed by atoms with Gasteiger partial charge in [0.25, 0.3) is 15.9 Å². The lowest BCUT2D eigenvalue weighted by Crippen LogP contribution is -2.27. The molecule has 1 amide bonds. The normalized spacial score (nSPS) is 12.1. The number of methoxy groups -OCH3 is 2. The summed E-state index contributed by atoms with van der Waals surface area (Å²) in [6.07, 6.45) is 0. The van der Waals surface area contributed by atoms with Crippen molar-refractivity contribution in [2.75, 3.05) is 18.9 Å². The van der Waals surface area contributed by atoms with Gasteiger partial charge in [-0.1, -0.05) is 23.7 Å². The predicted octanol–water partition coefficient (Wildman–Crippen LogP) is 5.27. The van der Waals surface area contributed by atoms with Crippen molar-refractivity contribution in [2.45, 2.75) is 31.7 Å². The molecule has 0 fully saturated rings. The number of sulfonamides is 1. The van der Waals surface area contributed by atoms with Crippen molar-refractivity contribution in [2.24, 2.45) is 0 Å². The van der Waals surface area contributed by atoms with Crippen LogP contribution in [0, 0.1) is 13.8 Å². The molecule has 0 aromatic heterocycles. The van der Waals surface area contributed by atoms with Gasteiger partial charge in [-0.15, -0.1) is 0 Å². The number of carbonyl (C=O) groups excluding carboxylic acids is 1. The maximum absolute atomic E-state index is 13.0. The van der Waals surface area contributed by atoms with Crippen LogP contribution in [-0.2, 0) is 10.0 Å². The van der Waals surface area contributed by atoms with E-state index in [0.29, 0.717) is 17.2 Å². The molecule has 180 valence electrons. The Morgan fingerprint density at radius 1 is 0.912 bits per heavy atom. The first kappa shape index (κ1) is 25.4. The molecule has 1 unspecified atom stereocenters. The molecule has 0 heterocycles. The van der Waals surface area contributed by atoms with E-state index < -0.39 is 15.9 Å². The van der Waals surface area contributed by atoms with Gasteiger partial charge in [-0.2, -0.15) is 0 Å². The quantitative estimate of drug-likeness (QED) is 0.438. The Morgan fingerprint density at radius 3 is 2.26 bits per heavy atom. The molecule has 3 rings (SSSR count). The molecule has 0 spiro atoms. The monoisotopic (exact) mass is 502 g/mol. The molecule has 0 saturated carbocycles. The van der Waals surface area contributed by atoms with Crippen LogP contribution in [0.15, 0.2) is 59.5 Å². The molecule has 0 aliphatic heterocycles. The molecule has 0 saturated heterocycles. The highest BCUT2D eigenvalue weighted by molar-refractivity contribution is 7.92. The van der Waals surface area contributed by atoms with Crippen LogP contribution in [0.25, 0.3) is 0 Å². The highest BCUT2D eigenvalue weighted by Crippen LogP contribution is 2.30. The van der Waals surface area contributed by atoms with E-state index in [1.54, 1.807) is 31.4 Å². The molecule has 2 N–H and O–H groups in total. The van der Waals surface area contributed by atoms with E-state index in [1.807, 2.05) is 32.9 Å². The summed E-state index contributed by atoms with van der Waals surface area (Å²) < 4.78 is 39.1. The molecule has 1 atom stereocenters. The maximum atomic E-state index is 13.0. The second-order valence-electron chi connectivity index (χ2n) is 7.86. The number of rotatable bonds is 8. The topological polar surface area (TPSA) is 93.7 Å². The summed E-state index contributed by atoms with van der Waals surface area (Å²) in [5, 5.41) is 2.88. The fourth-order valence-electron chi connectivity index (χ4n) is 3.35. The number of nitrogens with one attached hydrogen (secondary N) is 2. The Labute approximate surface area is 205 Å². The number of aryl methyl sites for hydroxylation is 2. The van der Waals surface area contributed by atoms with Crippen LogP contribution in [0.3, 0.4) is 0 Å². The number of hydrogen-bond donors (Lipinski definition) is 2. The molecule has 0 aliphatic carbocycles. The van der Waals surface area contributed by atoms with E-state index in [1.165, 1.54) is 25.3 Å². The zero-order chi connectivity index (χ0) is 25.0. The Morgan fingerprint density at radius 2 is 1.62 bits per heavy atom. The Bertz CT molecular complexity index is 1320. The van der Waals surface area contributed by atoms with E-state index in [0.717, 1.165) is 16.7 Å². The van der Waals surface area contributed by atoms with Crippen molar-refractivity contribution in [3.05, 3.63) is 81.9 Å². The first-order valence-electron chi connectivity index (χ1n) is 10.5. The number of amides is 1. The third-order valence-corrected chi connectivity index (χ3v) is 7.36. The van der Waals surface area contributed by atoms with Crippen LogP contribution < -0.4 is 19.5 Å². The molecule has 9 heteroatoms. The van der Waals surface area contributed by atoms with Gasteiger partial charge in [0, 0.05) is 11.3 Å². The first-order valence-corrected chi connectivity index (χ1v) is 12.3. The second kappa shape index (κ2) is 10.4. The summed E-state index contributed by atoms with van der Waals surface area (Å²) >= 11 is 6.20. The van der Waals surface area contributed by atoms with Gasteiger partial charge in [0.05, 0.1) is 25.3 Å². The van der Waals surface area contributed by atoms with E-state index in [9.17, 15) is 13.2 Å². The van der Waals surface area contributed by atoms with Crippen LogP contribution in [0.4, 0.5) is 5.69 Å². The van der Waals surface area contributed by atoms with E-state index in [2.05, 4.69) is 10.0 Å². The Kier molecular flexibility index (Phi) is 7.74. The average molecular weight is 503 g/mol. The van der Waals surface area contributed by atoms with Gasteiger partial charge in [0.2, 0.25) is 0 Å². The van der Waals surface area contributed by atoms with E-state index in [4.69, 9.17) is 21.1 Å². The first-order chi connectivity index (χ1) is 16.1. The smallest absolute Gasteiger partial charge is 0.263 e. The molecule has 0 radical (unpaired) electrons. The third-order valence-electron chi connectivity index (χ3n) is 5.50. The molecule has 0 bridgehead atoms. The average Bonchev–Trinajstić information content (AvgIpc) is 2.80. The number of hydrogen-bond acceptors (Lipinski definition) is 5. The Balaban J connectivity index is 1.83. The number of benzene rings is 3. The molecule has 3 aromatic rings. The van der Waals surface area contributed by atoms with Gasteiger partial charge < -0.3 is 14.8 Å². The van der Waals surface area contributed by atoms with Gasteiger partial charge in [-0.3, -0.25) is 9.52 Å². The van der Waals surface area contributed by atoms with Gasteiger partial charge >= 0.3 is 0 Å². The summed E-state index contributed by atoms with van der Waals surface area (Å²) in [7, 11) is -0.940. The minimum atomic E-state index is -4.02. The van der Waals surface area contributed by atoms with E-state index >= 15 is 0 Å². The van der Waals surface area contributed by atoms with Crippen molar-refractivity contribution in [1.29, 1.82) is 0 Å². The fourth-order valence-corrected chi connectivity index (χ4v) is 4.93.